The van der Waals surface area contributed by atoms with Crippen molar-refractivity contribution >= 4 is 43.7 Å². The smallest absolute Gasteiger partial charge is 0.255 e. The second-order valence-corrected chi connectivity index (χ2v) is 11.6. The summed E-state index contributed by atoms with van der Waals surface area (Å²) in [5.74, 6) is -0.102. The number of furan rings is 1. The van der Waals surface area contributed by atoms with Crippen molar-refractivity contribution in [3.8, 4) is 45.7 Å². The number of anilines is 1. The molecule has 44 heavy (non-hydrogen) atoms. The van der Waals surface area contributed by atoms with Gasteiger partial charge in [0.15, 0.2) is 5.58 Å². The average Bonchev–Trinajstić information content (AvgIpc) is 3.61. The summed E-state index contributed by atoms with van der Waals surface area (Å²) in [7, 11) is -0.792. The van der Waals surface area contributed by atoms with Crippen molar-refractivity contribution in [2.45, 2.75) is 0 Å². The van der Waals surface area contributed by atoms with Crippen LogP contribution in [0.3, 0.4) is 0 Å². The Bertz CT molecular complexity index is 2250. The number of ether oxygens (including phenoxy) is 1. The Morgan fingerprint density at radius 1 is 0.977 bits per heavy atom. The van der Waals surface area contributed by atoms with Crippen molar-refractivity contribution in [2.24, 2.45) is 0 Å². The van der Waals surface area contributed by atoms with Crippen molar-refractivity contribution in [3.63, 3.8) is 0 Å². The Balaban J connectivity index is 1.61. The zero-order valence-electron chi connectivity index (χ0n) is 23.6. The van der Waals surface area contributed by atoms with Gasteiger partial charge in [-0.05, 0) is 60.2 Å². The average molecular weight is 611 g/mol. The molecule has 0 aliphatic carbocycles. The number of carbonyl (C=O) groups excluding carboxylic acids is 1. The molecule has 2 heterocycles. The number of fused-ring (bicyclic) bond motifs is 2. The summed E-state index contributed by atoms with van der Waals surface area (Å²) in [4.78, 5) is 17.7. The largest absolute Gasteiger partial charge is 0.496 e. The Hall–Kier alpha value is -5.67. The number of oxazole rings is 1. The molecule has 2 aromatic heterocycles. The zero-order chi connectivity index (χ0) is 31.2. The minimum Gasteiger partial charge on any atom is -0.496 e. The van der Waals surface area contributed by atoms with E-state index in [1.807, 2.05) is 0 Å². The van der Waals surface area contributed by atoms with Crippen LogP contribution < -0.4 is 14.8 Å². The molecule has 4 aromatic carbocycles. The summed E-state index contributed by atoms with van der Waals surface area (Å²) >= 11 is 0. The molecule has 12 heteroatoms. The number of carbonyl (C=O) groups is 1. The van der Waals surface area contributed by atoms with Gasteiger partial charge in [-0.2, -0.15) is 5.26 Å². The number of sulfonamides is 1. The van der Waals surface area contributed by atoms with E-state index in [2.05, 4.69) is 21.1 Å². The van der Waals surface area contributed by atoms with Crippen LogP contribution in [-0.2, 0) is 10.0 Å². The molecule has 0 saturated heterocycles. The van der Waals surface area contributed by atoms with Crippen LogP contribution in [0.25, 0.3) is 56.0 Å². The van der Waals surface area contributed by atoms with Crippen molar-refractivity contribution < 1.29 is 31.2 Å². The maximum atomic E-state index is 13.7. The number of methoxy groups -OCH3 is 1. The highest BCUT2D eigenvalue weighted by molar-refractivity contribution is 7.92. The number of halogens is 1. The maximum Gasteiger partial charge on any atom is 0.255 e. The third kappa shape index (κ3) is 5.10. The molecular weight excluding hydrogens is 587 g/mol. The van der Waals surface area contributed by atoms with Gasteiger partial charge >= 0.3 is 0 Å². The van der Waals surface area contributed by atoms with Crippen LogP contribution in [0.5, 0.6) is 5.75 Å². The summed E-state index contributed by atoms with van der Waals surface area (Å²) in [6.45, 7) is 0. The fourth-order valence-electron chi connectivity index (χ4n) is 5.02. The Morgan fingerprint density at radius 2 is 1.73 bits per heavy atom. The standard InChI is InChI=1S/C32H23FN4O6S/c1-35-31(38)28-22-14-21(24(37-44(3,39)40)15-27(22)42-30(28)17-7-10-20(33)11-8-17)18-9-12-25(41-2)23(13-18)32-36-29-19(16-34)5-4-6-26(29)43-32/h4-15,37H,1-3H3,(H,35,38). The molecule has 0 bridgehead atoms. The van der Waals surface area contributed by atoms with Gasteiger partial charge in [0.2, 0.25) is 15.9 Å². The monoisotopic (exact) mass is 610 g/mol. The van der Waals surface area contributed by atoms with Gasteiger partial charge < -0.3 is 18.9 Å². The van der Waals surface area contributed by atoms with E-state index in [9.17, 15) is 22.9 Å². The molecule has 0 radical (unpaired) electrons. The van der Waals surface area contributed by atoms with Crippen LogP contribution in [0.15, 0.2) is 81.6 Å². The van der Waals surface area contributed by atoms with E-state index >= 15 is 0 Å². The van der Waals surface area contributed by atoms with E-state index < -0.39 is 21.7 Å². The molecular formula is C32H23FN4O6S. The summed E-state index contributed by atoms with van der Waals surface area (Å²) in [5, 5.41) is 12.5. The van der Waals surface area contributed by atoms with Crippen LogP contribution in [0.1, 0.15) is 15.9 Å². The summed E-state index contributed by atoms with van der Waals surface area (Å²) < 4.78 is 58.8. The Morgan fingerprint density at radius 3 is 2.41 bits per heavy atom. The van der Waals surface area contributed by atoms with Gasteiger partial charge in [-0.1, -0.05) is 12.1 Å². The Kier molecular flexibility index (Phi) is 7.03. The number of nitrogens with one attached hydrogen (secondary N) is 2. The number of nitriles is 1. The molecule has 0 aliphatic rings. The molecule has 0 saturated carbocycles. The molecule has 220 valence electrons. The maximum absolute atomic E-state index is 13.7. The van der Waals surface area contributed by atoms with Gasteiger partial charge in [0.05, 0.1) is 35.7 Å². The number of hydrogen-bond acceptors (Lipinski definition) is 8. The lowest BCUT2D eigenvalue weighted by Gasteiger charge is -2.14. The predicted molar refractivity (Wildman–Crippen MR) is 163 cm³/mol. The number of hydrogen-bond donors (Lipinski definition) is 2. The van der Waals surface area contributed by atoms with Crippen molar-refractivity contribution in [1.29, 1.82) is 5.26 Å². The molecule has 0 unspecified atom stereocenters. The third-order valence-electron chi connectivity index (χ3n) is 6.96. The summed E-state index contributed by atoms with van der Waals surface area (Å²) in [5.41, 5.74) is 3.60. The van der Waals surface area contributed by atoms with Gasteiger partial charge in [0, 0.05) is 29.6 Å². The third-order valence-corrected chi connectivity index (χ3v) is 7.56. The van der Waals surface area contributed by atoms with E-state index in [1.54, 1.807) is 42.5 Å². The van der Waals surface area contributed by atoms with Gasteiger partial charge in [0.25, 0.3) is 5.91 Å². The molecule has 6 aromatic rings. The van der Waals surface area contributed by atoms with Gasteiger partial charge in [-0.25, -0.2) is 17.8 Å². The van der Waals surface area contributed by atoms with E-state index in [0.717, 1.165) is 6.26 Å². The minimum atomic E-state index is -3.76. The molecule has 0 atom stereocenters. The highest BCUT2D eigenvalue weighted by atomic mass is 32.2. The number of benzene rings is 4. The summed E-state index contributed by atoms with van der Waals surface area (Å²) in [6.07, 6.45) is 1.02. The molecule has 0 fully saturated rings. The second kappa shape index (κ2) is 10.9. The lowest BCUT2D eigenvalue weighted by molar-refractivity contribution is 0.0964. The molecule has 0 aliphatic heterocycles. The molecule has 10 nitrogen and oxygen atoms in total. The number of nitrogens with zero attached hydrogens (tertiary/aromatic N) is 2. The van der Waals surface area contributed by atoms with E-state index in [-0.39, 0.29) is 28.5 Å². The number of para-hydroxylation sites is 1. The highest BCUT2D eigenvalue weighted by Gasteiger charge is 2.25. The van der Waals surface area contributed by atoms with Crippen molar-refractivity contribution in [1.82, 2.24) is 10.3 Å². The van der Waals surface area contributed by atoms with Crippen LogP contribution in [-0.4, -0.2) is 39.7 Å². The first-order chi connectivity index (χ1) is 21.1. The van der Waals surface area contributed by atoms with Crippen LogP contribution in [0.4, 0.5) is 10.1 Å². The molecule has 6 rings (SSSR count). The SMILES string of the molecule is CNC(=O)c1c(-c2ccc(F)cc2)oc2cc(NS(C)(=O)=O)c(-c3ccc(OC)c(-c4nc5c(C#N)cccc5o4)c3)cc12. The number of rotatable bonds is 7. The Labute approximate surface area is 250 Å². The van der Waals surface area contributed by atoms with Crippen LogP contribution in [0.2, 0.25) is 0 Å². The zero-order valence-corrected chi connectivity index (χ0v) is 24.4. The fraction of sp³-hybridized carbons (Fsp3) is 0.0938. The first-order valence-corrected chi connectivity index (χ1v) is 15.0. The topological polar surface area (TPSA) is 147 Å². The van der Waals surface area contributed by atoms with Gasteiger partial charge in [-0.3, -0.25) is 9.52 Å². The number of aromatic nitrogens is 1. The van der Waals surface area contributed by atoms with Gasteiger partial charge in [-0.15, -0.1) is 0 Å². The van der Waals surface area contributed by atoms with Gasteiger partial charge in [0.1, 0.15) is 34.5 Å². The van der Waals surface area contributed by atoms with E-state index in [4.69, 9.17) is 13.6 Å². The lowest BCUT2D eigenvalue weighted by Crippen LogP contribution is -2.18. The first kappa shape index (κ1) is 28.4. The number of amides is 1. The van der Waals surface area contributed by atoms with Crippen LogP contribution in [0, 0.1) is 17.1 Å². The first-order valence-electron chi connectivity index (χ1n) is 13.1. The van der Waals surface area contributed by atoms with Crippen LogP contribution >= 0.6 is 0 Å². The predicted octanol–water partition coefficient (Wildman–Crippen LogP) is 6.33. The normalized spacial score (nSPS) is 11.4. The molecule has 0 spiro atoms. The van der Waals surface area contributed by atoms with Crippen molar-refractivity contribution in [2.75, 3.05) is 25.1 Å². The van der Waals surface area contributed by atoms with E-state index in [1.165, 1.54) is 44.5 Å². The lowest BCUT2D eigenvalue weighted by atomic mass is 9.97. The molecule has 1 amide bonds. The summed E-state index contributed by atoms with van der Waals surface area (Å²) in [6, 6.07) is 20.9. The van der Waals surface area contributed by atoms with Crippen molar-refractivity contribution in [3.05, 3.63) is 89.7 Å². The fourth-order valence-corrected chi connectivity index (χ4v) is 5.59. The van der Waals surface area contributed by atoms with E-state index in [0.29, 0.717) is 50.1 Å². The second-order valence-electron chi connectivity index (χ2n) is 9.86. The minimum absolute atomic E-state index is 0.184. The molecule has 2 N–H and O–H groups in total. The highest BCUT2D eigenvalue weighted by Crippen LogP contribution is 2.42. The quantitative estimate of drug-likeness (QED) is 0.213.